The molecule has 1 atom stereocenters. The van der Waals surface area contributed by atoms with E-state index >= 15 is 0 Å². The number of nitrogens with one attached hydrogen (secondary N) is 1. The number of hydrogen-bond acceptors (Lipinski definition) is 4. The summed E-state index contributed by atoms with van der Waals surface area (Å²) < 4.78 is 16.1. The molecule has 1 rings (SSSR count). The molecule has 0 aliphatic rings. The zero-order valence-electron chi connectivity index (χ0n) is 10.4. The number of nitrogens with two attached hydrogens (primary N) is 1. The van der Waals surface area contributed by atoms with Gasteiger partial charge in [-0.15, -0.1) is 0 Å². The second kappa shape index (κ2) is 8.27. The molecule has 1 unspecified atom stereocenters. The van der Waals surface area contributed by atoms with E-state index < -0.39 is 7.60 Å². The summed E-state index contributed by atoms with van der Waals surface area (Å²) in [5.41, 5.74) is 6.69. The molecule has 3 N–H and O–H groups in total. The summed E-state index contributed by atoms with van der Waals surface area (Å²) >= 11 is 4.68. The Morgan fingerprint density at radius 2 is 2.06 bits per heavy atom. The predicted molar refractivity (Wildman–Crippen MR) is 69.8 cm³/mol. The minimum absolute atomic E-state index is 0. The third kappa shape index (κ3) is 6.85. The molecule has 0 heterocycles. The van der Waals surface area contributed by atoms with Crippen molar-refractivity contribution in [2.24, 2.45) is 5.73 Å². The molecular weight excluding hydrogens is 282 g/mol. The van der Waals surface area contributed by atoms with Gasteiger partial charge >= 0.3 is 29.6 Å². The Morgan fingerprint density at radius 1 is 1.50 bits per heavy atom. The van der Waals surface area contributed by atoms with Gasteiger partial charge in [0.15, 0.2) is 5.11 Å². The fourth-order valence-electron chi connectivity index (χ4n) is 1.30. The van der Waals surface area contributed by atoms with Gasteiger partial charge < -0.3 is 25.0 Å². The number of anilines is 1. The second-order valence-electron chi connectivity index (χ2n) is 3.37. The van der Waals surface area contributed by atoms with Gasteiger partial charge in [0.05, 0.1) is 6.61 Å². The van der Waals surface area contributed by atoms with Gasteiger partial charge in [0, 0.05) is 11.8 Å². The van der Waals surface area contributed by atoms with Crippen LogP contribution < -0.4 is 45.5 Å². The van der Waals surface area contributed by atoms with Crippen molar-refractivity contribution in [2.75, 3.05) is 11.9 Å². The summed E-state index contributed by atoms with van der Waals surface area (Å²) in [4.78, 5) is 11.4. The first-order valence-electron chi connectivity index (χ1n) is 5.03. The molecule has 1 aromatic carbocycles. The maximum Gasteiger partial charge on any atom is 1.00 e. The van der Waals surface area contributed by atoms with Crippen molar-refractivity contribution in [3.8, 4) is 0 Å². The summed E-state index contributed by atoms with van der Waals surface area (Å²) in [5.74, 6) is 0. The van der Waals surface area contributed by atoms with Crippen molar-refractivity contribution in [3.63, 3.8) is 0 Å². The molecule has 18 heavy (non-hydrogen) atoms. The summed E-state index contributed by atoms with van der Waals surface area (Å²) in [5, 5.41) is 2.92. The third-order valence-electron chi connectivity index (χ3n) is 1.92. The quantitative estimate of drug-likeness (QED) is 0.388. The Kier molecular flexibility index (Phi) is 8.30. The molecule has 0 saturated heterocycles. The second-order valence-corrected chi connectivity index (χ2v) is 5.61. The monoisotopic (exact) mass is 296 g/mol. The third-order valence-corrected chi connectivity index (χ3v) is 3.43. The van der Waals surface area contributed by atoms with Crippen LogP contribution in [0.2, 0.25) is 0 Å². The van der Waals surface area contributed by atoms with Crippen LogP contribution in [0.25, 0.3) is 0 Å². The van der Waals surface area contributed by atoms with Crippen LogP contribution in [0.5, 0.6) is 0 Å². The molecule has 0 spiro atoms. The normalized spacial score (nSPS) is 13.2. The van der Waals surface area contributed by atoms with E-state index in [2.05, 4.69) is 22.1 Å². The molecule has 0 saturated carbocycles. The number of rotatable bonds is 5. The van der Waals surface area contributed by atoms with Crippen LogP contribution in [0.4, 0.5) is 5.69 Å². The van der Waals surface area contributed by atoms with Crippen LogP contribution in [-0.2, 0) is 15.3 Å². The average molecular weight is 296 g/mol. The molecule has 0 aliphatic carbocycles. The van der Waals surface area contributed by atoms with Gasteiger partial charge in [0.2, 0.25) is 0 Å². The van der Waals surface area contributed by atoms with Gasteiger partial charge in [0.25, 0.3) is 0 Å². The van der Waals surface area contributed by atoms with E-state index in [0.29, 0.717) is 5.56 Å². The van der Waals surface area contributed by atoms with Gasteiger partial charge in [-0.05, 0) is 36.8 Å². The molecule has 0 bridgehead atoms. The molecule has 0 aromatic heterocycles. The van der Waals surface area contributed by atoms with E-state index in [-0.39, 0.29) is 47.4 Å². The van der Waals surface area contributed by atoms with E-state index in [0.717, 1.165) is 5.69 Å². The van der Waals surface area contributed by atoms with Crippen LogP contribution in [0.3, 0.4) is 0 Å². The Morgan fingerprint density at radius 3 is 2.50 bits per heavy atom. The van der Waals surface area contributed by atoms with Crippen LogP contribution in [0.1, 0.15) is 12.5 Å². The minimum atomic E-state index is -3.78. The van der Waals surface area contributed by atoms with Crippen molar-refractivity contribution in [1.82, 2.24) is 0 Å². The van der Waals surface area contributed by atoms with Crippen molar-refractivity contribution >= 4 is 30.6 Å². The maximum atomic E-state index is 11.4. The zero-order chi connectivity index (χ0) is 12.9. The van der Waals surface area contributed by atoms with Crippen LogP contribution in [-0.4, -0.2) is 11.7 Å². The van der Waals surface area contributed by atoms with Crippen molar-refractivity contribution in [3.05, 3.63) is 29.8 Å². The van der Waals surface area contributed by atoms with Crippen LogP contribution in [0, 0.1) is 0 Å². The van der Waals surface area contributed by atoms with E-state index in [1.54, 1.807) is 31.2 Å². The fourth-order valence-corrected chi connectivity index (χ4v) is 2.56. The standard InChI is InChI=1S/C10H15N2O3PS.Na/c1-2-15-16(13,14)7-8-3-5-9(6-4-8)12-10(11)17;/h3-6H,2,7H2,1H3,(H,13,14)(H3,11,12,17);/q;+1/p-1. The first-order chi connectivity index (χ1) is 7.93. The zero-order valence-corrected chi connectivity index (χ0v) is 14.1. The Labute approximate surface area is 134 Å². The number of thiocarbonyl (C=S) groups is 1. The molecule has 0 radical (unpaired) electrons. The van der Waals surface area contributed by atoms with Gasteiger partial charge in [0.1, 0.15) is 7.60 Å². The van der Waals surface area contributed by atoms with Crippen molar-refractivity contribution < 1.29 is 43.5 Å². The Bertz CT molecular complexity index is 441. The molecule has 0 aliphatic heterocycles. The van der Waals surface area contributed by atoms with Gasteiger partial charge in [-0.25, -0.2) is 0 Å². The van der Waals surface area contributed by atoms with E-state index in [1.807, 2.05) is 0 Å². The topological polar surface area (TPSA) is 87.4 Å². The fraction of sp³-hybridized carbons (Fsp3) is 0.300. The molecule has 0 fully saturated rings. The average Bonchev–Trinajstić information content (AvgIpc) is 2.19. The largest absolute Gasteiger partial charge is 1.00 e. The summed E-state index contributed by atoms with van der Waals surface area (Å²) in [6.07, 6.45) is -0.117. The van der Waals surface area contributed by atoms with Crippen molar-refractivity contribution in [1.29, 1.82) is 0 Å². The molecule has 94 valence electrons. The van der Waals surface area contributed by atoms with E-state index in [4.69, 9.17) is 5.73 Å². The summed E-state index contributed by atoms with van der Waals surface area (Å²) in [6.45, 7) is 1.79. The van der Waals surface area contributed by atoms with Crippen LogP contribution >= 0.6 is 19.8 Å². The van der Waals surface area contributed by atoms with E-state index in [1.165, 1.54) is 0 Å². The maximum absolute atomic E-state index is 11.4. The number of benzene rings is 1. The van der Waals surface area contributed by atoms with Gasteiger partial charge in [-0.1, -0.05) is 12.1 Å². The minimum Gasteiger partial charge on any atom is -0.778 e. The van der Waals surface area contributed by atoms with E-state index in [9.17, 15) is 9.46 Å². The predicted octanol–water partition coefficient (Wildman–Crippen LogP) is -1.56. The van der Waals surface area contributed by atoms with Gasteiger partial charge in [-0.2, -0.15) is 0 Å². The van der Waals surface area contributed by atoms with Gasteiger partial charge in [-0.3, -0.25) is 0 Å². The Balaban J connectivity index is 0.00000289. The summed E-state index contributed by atoms with van der Waals surface area (Å²) in [7, 11) is -3.78. The Hall–Kier alpha value is 0.0600. The molecular formula is C10H14N2NaO3PS. The molecule has 1 aromatic rings. The van der Waals surface area contributed by atoms with Crippen LogP contribution in [0.15, 0.2) is 24.3 Å². The summed E-state index contributed by atoms with van der Waals surface area (Å²) in [6, 6.07) is 6.79. The molecule has 0 amide bonds. The molecule has 8 heteroatoms. The number of hydrogen-bond donors (Lipinski definition) is 2. The first kappa shape index (κ1) is 18.1. The smallest absolute Gasteiger partial charge is 0.778 e. The van der Waals surface area contributed by atoms with Crippen molar-refractivity contribution in [2.45, 2.75) is 13.1 Å². The molecule has 5 nitrogen and oxygen atoms in total. The first-order valence-corrected chi connectivity index (χ1v) is 7.16. The SMILES string of the molecule is CCOP(=O)([O-])Cc1ccc(NC(N)=S)cc1.[Na+].